The van der Waals surface area contributed by atoms with E-state index in [1.807, 2.05) is 26.0 Å². The molecule has 0 atom stereocenters. The molecule has 0 spiro atoms. The lowest BCUT2D eigenvalue weighted by molar-refractivity contribution is 0.0715. The summed E-state index contributed by atoms with van der Waals surface area (Å²) in [6.45, 7) is 4.48. The quantitative estimate of drug-likeness (QED) is 0.758. The summed E-state index contributed by atoms with van der Waals surface area (Å²) < 4.78 is 5.19. The molecule has 1 rings (SSSR count). The Morgan fingerprint density at radius 2 is 2.06 bits per heavy atom. The second-order valence-corrected chi connectivity index (χ2v) is 4.36. The number of para-hydroxylation sites is 1. The zero-order valence-corrected chi connectivity index (χ0v) is 11.2. The van der Waals surface area contributed by atoms with Crippen LogP contribution in [0.3, 0.4) is 0 Å². The van der Waals surface area contributed by atoms with E-state index in [4.69, 9.17) is 16.3 Å². The van der Waals surface area contributed by atoms with Crippen LogP contribution in [-0.2, 0) is 0 Å². The first-order valence-corrected chi connectivity index (χ1v) is 6.15. The lowest BCUT2D eigenvalue weighted by Crippen LogP contribution is -2.38. The van der Waals surface area contributed by atoms with E-state index in [1.165, 1.54) is 0 Å². The van der Waals surface area contributed by atoms with Crippen molar-refractivity contribution in [1.29, 1.82) is 0 Å². The van der Waals surface area contributed by atoms with Crippen LogP contribution in [0.25, 0.3) is 0 Å². The first kappa shape index (κ1) is 13.8. The van der Waals surface area contributed by atoms with Gasteiger partial charge in [-0.05, 0) is 26.0 Å². The van der Waals surface area contributed by atoms with Gasteiger partial charge in [0.2, 0.25) is 0 Å². The zero-order valence-electron chi connectivity index (χ0n) is 10.4. The first-order valence-electron chi connectivity index (χ1n) is 5.61. The molecule has 0 bridgehead atoms. The molecule has 1 aromatic rings. The highest BCUT2D eigenvalue weighted by Gasteiger charge is 2.20. The minimum atomic E-state index is -0.0434. The monoisotopic (exact) mass is 255 g/mol. The van der Waals surface area contributed by atoms with Crippen molar-refractivity contribution in [3.8, 4) is 5.75 Å². The molecule has 0 saturated heterocycles. The fourth-order valence-corrected chi connectivity index (χ4v) is 1.84. The van der Waals surface area contributed by atoms with Gasteiger partial charge in [-0.1, -0.05) is 12.1 Å². The number of amides is 1. The van der Waals surface area contributed by atoms with Gasteiger partial charge >= 0.3 is 0 Å². The van der Waals surface area contributed by atoms with Gasteiger partial charge in [0.1, 0.15) is 5.75 Å². The van der Waals surface area contributed by atoms with E-state index >= 15 is 0 Å². The highest BCUT2D eigenvalue weighted by atomic mass is 35.5. The predicted molar refractivity (Wildman–Crippen MR) is 69.9 cm³/mol. The molecule has 0 aliphatic heterocycles. The Labute approximate surface area is 107 Å². The second kappa shape index (κ2) is 6.50. The van der Waals surface area contributed by atoms with Crippen molar-refractivity contribution in [3.63, 3.8) is 0 Å². The van der Waals surface area contributed by atoms with Crippen LogP contribution in [-0.4, -0.2) is 36.4 Å². The van der Waals surface area contributed by atoms with Crippen molar-refractivity contribution in [2.24, 2.45) is 0 Å². The van der Waals surface area contributed by atoms with E-state index in [1.54, 1.807) is 24.1 Å². The number of ether oxygens (including phenoxy) is 1. The van der Waals surface area contributed by atoms with Gasteiger partial charge in [-0.3, -0.25) is 4.79 Å². The number of benzene rings is 1. The summed E-state index contributed by atoms with van der Waals surface area (Å²) in [5.41, 5.74) is 0.578. The molecular formula is C13H18ClNO2. The number of carbonyl (C=O) groups excluding carboxylic acids is 1. The van der Waals surface area contributed by atoms with E-state index in [9.17, 15) is 4.79 Å². The summed E-state index contributed by atoms with van der Waals surface area (Å²) in [5.74, 6) is 0.981. The molecular weight excluding hydrogens is 238 g/mol. The van der Waals surface area contributed by atoms with Gasteiger partial charge in [-0.25, -0.2) is 0 Å². The van der Waals surface area contributed by atoms with E-state index in [0.717, 1.165) is 0 Å². The number of alkyl halides is 1. The Hall–Kier alpha value is -1.22. The Morgan fingerprint density at radius 1 is 1.41 bits per heavy atom. The number of hydrogen-bond acceptors (Lipinski definition) is 2. The Balaban J connectivity index is 3.00. The molecule has 0 radical (unpaired) electrons. The molecule has 0 saturated carbocycles. The zero-order chi connectivity index (χ0) is 12.8. The molecule has 0 N–H and O–H groups in total. The van der Waals surface area contributed by atoms with Gasteiger partial charge in [0, 0.05) is 18.5 Å². The summed E-state index contributed by atoms with van der Waals surface area (Å²) in [5, 5.41) is 0. The Morgan fingerprint density at radius 3 is 2.59 bits per heavy atom. The second-order valence-electron chi connectivity index (χ2n) is 3.98. The molecule has 94 valence electrons. The van der Waals surface area contributed by atoms with E-state index in [2.05, 4.69) is 0 Å². The molecule has 0 aromatic heterocycles. The molecule has 17 heavy (non-hydrogen) atoms. The Kier molecular flexibility index (Phi) is 5.29. The van der Waals surface area contributed by atoms with E-state index in [0.29, 0.717) is 23.7 Å². The van der Waals surface area contributed by atoms with Gasteiger partial charge < -0.3 is 9.64 Å². The maximum absolute atomic E-state index is 12.3. The molecule has 0 unspecified atom stereocenters. The first-order chi connectivity index (χ1) is 8.11. The van der Waals surface area contributed by atoms with Crippen LogP contribution in [0.1, 0.15) is 24.2 Å². The summed E-state index contributed by atoms with van der Waals surface area (Å²) >= 11 is 5.72. The average molecular weight is 256 g/mol. The number of carbonyl (C=O) groups is 1. The van der Waals surface area contributed by atoms with Crippen molar-refractivity contribution < 1.29 is 9.53 Å². The third-order valence-corrected chi connectivity index (χ3v) is 2.72. The van der Waals surface area contributed by atoms with Crippen LogP contribution < -0.4 is 4.74 Å². The third-order valence-electron chi connectivity index (χ3n) is 2.55. The largest absolute Gasteiger partial charge is 0.496 e. The van der Waals surface area contributed by atoms with Crippen molar-refractivity contribution in [2.75, 3.05) is 19.5 Å². The van der Waals surface area contributed by atoms with Crippen molar-refractivity contribution in [3.05, 3.63) is 29.8 Å². The fourth-order valence-electron chi connectivity index (χ4n) is 1.66. The summed E-state index contributed by atoms with van der Waals surface area (Å²) in [7, 11) is 1.56. The summed E-state index contributed by atoms with van der Waals surface area (Å²) in [6, 6.07) is 7.34. The summed E-state index contributed by atoms with van der Waals surface area (Å²) in [4.78, 5) is 14.1. The molecule has 0 heterocycles. The standard InChI is InChI=1S/C13H18ClNO2/c1-10(2)15(9-8-14)13(16)11-6-4-5-7-12(11)17-3/h4-7,10H,8-9H2,1-3H3. The van der Waals surface area contributed by atoms with Crippen molar-refractivity contribution in [1.82, 2.24) is 4.90 Å². The molecule has 0 aliphatic carbocycles. The number of hydrogen-bond donors (Lipinski definition) is 0. The minimum Gasteiger partial charge on any atom is -0.496 e. The number of methoxy groups -OCH3 is 1. The van der Waals surface area contributed by atoms with Crippen LogP contribution in [0.4, 0.5) is 0 Å². The van der Waals surface area contributed by atoms with Crippen LogP contribution in [0.2, 0.25) is 0 Å². The molecule has 0 aliphatic rings. The van der Waals surface area contributed by atoms with Crippen molar-refractivity contribution in [2.45, 2.75) is 19.9 Å². The van der Waals surface area contributed by atoms with Crippen molar-refractivity contribution >= 4 is 17.5 Å². The average Bonchev–Trinajstić information content (AvgIpc) is 2.34. The lowest BCUT2D eigenvalue weighted by atomic mass is 10.1. The van der Waals surface area contributed by atoms with Crippen LogP contribution in [0.5, 0.6) is 5.75 Å². The van der Waals surface area contributed by atoms with Gasteiger partial charge in [0.15, 0.2) is 0 Å². The van der Waals surface area contributed by atoms with Crippen LogP contribution in [0, 0.1) is 0 Å². The van der Waals surface area contributed by atoms with Crippen LogP contribution >= 0.6 is 11.6 Å². The molecule has 4 heteroatoms. The number of nitrogens with zero attached hydrogens (tertiary/aromatic N) is 1. The SMILES string of the molecule is COc1ccccc1C(=O)N(CCCl)C(C)C. The highest BCUT2D eigenvalue weighted by Crippen LogP contribution is 2.20. The van der Waals surface area contributed by atoms with Gasteiger partial charge in [0.05, 0.1) is 12.7 Å². The number of halogens is 1. The maximum Gasteiger partial charge on any atom is 0.257 e. The van der Waals surface area contributed by atoms with Gasteiger partial charge in [-0.2, -0.15) is 0 Å². The van der Waals surface area contributed by atoms with E-state index in [-0.39, 0.29) is 11.9 Å². The molecule has 3 nitrogen and oxygen atoms in total. The number of rotatable bonds is 5. The van der Waals surface area contributed by atoms with Crippen LogP contribution in [0.15, 0.2) is 24.3 Å². The van der Waals surface area contributed by atoms with E-state index < -0.39 is 0 Å². The molecule has 1 aromatic carbocycles. The smallest absolute Gasteiger partial charge is 0.257 e. The third kappa shape index (κ3) is 3.37. The normalized spacial score (nSPS) is 10.4. The summed E-state index contributed by atoms with van der Waals surface area (Å²) in [6.07, 6.45) is 0. The fraction of sp³-hybridized carbons (Fsp3) is 0.462. The van der Waals surface area contributed by atoms with Gasteiger partial charge in [-0.15, -0.1) is 11.6 Å². The Bertz CT molecular complexity index is 379. The predicted octanol–water partition coefficient (Wildman–Crippen LogP) is 2.78. The topological polar surface area (TPSA) is 29.5 Å². The minimum absolute atomic E-state index is 0.0434. The molecule has 0 fully saturated rings. The maximum atomic E-state index is 12.3. The lowest BCUT2D eigenvalue weighted by Gasteiger charge is -2.26. The molecule has 1 amide bonds. The highest BCUT2D eigenvalue weighted by molar-refractivity contribution is 6.18. The van der Waals surface area contributed by atoms with Gasteiger partial charge in [0.25, 0.3) is 5.91 Å².